The Hall–Kier alpha value is -3.04. The van der Waals surface area contributed by atoms with Crippen molar-refractivity contribution in [1.29, 1.82) is 0 Å². The SMILES string of the molecule is COCC(=O)Nc1ccc(Sc2ccccc2)cc1N=C(N)NC(=O)OC. The van der Waals surface area contributed by atoms with Crippen molar-refractivity contribution in [2.45, 2.75) is 9.79 Å². The maximum atomic E-state index is 11.8. The Labute approximate surface area is 161 Å². The maximum absolute atomic E-state index is 11.8. The van der Waals surface area contributed by atoms with Crippen molar-refractivity contribution in [2.24, 2.45) is 10.7 Å². The second-order valence-electron chi connectivity index (χ2n) is 5.19. The van der Waals surface area contributed by atoms with E-state index in [0.29, 0.717) is 11.4 Å². The number of benzene rings is 2. The highest BCUT2D eigenvalue weighted by Gasteiger charge is 2.10. The van der Waals surface area contributed by atoms with Crippen LogP contribution in [0.3, 0.4) is 0 Å². The van der Waals surface area contributed by atoms with Crippen molar-refractivity contribution in [3.63, 3.8) is 0 Å². The van der Waals surface area contributed by atoms with Gasteiger partial charge in [-0.1, -0.05) is 30.0 Å². The molecule has 2 aromatic rings. The molecule has 2 rings (SSSR count). The van der Waals surface area contributed by atoms with Crippen LogP contribution in [0.5, 0.6) is 0 Å². The van der Waals surface area contributed by atoms with E-state index in [1.165, 1.54) is 26.0 Å². The number of alkyl carbamates (subject to hydrolysis) is 1. The lowest BCUT2D eigenvalue weighted by Crippen LogP contribution is -2.36. The standard InChI is InChI=1S/C18H20N4O4S/c1-25-11-16(23)20-14-9-8-13(27-12-6-4-3-5-7-12)10-15(14)21-17(19)22-18(24)26-2/h3-10H,11H2,1-2H3,(H,20,23)(H3,19,21,22,24). The third kappa shape index (κ3) is 6.65. The number of rotatable bonds is 6. The molecule has 2 aromatic carbocycles. The van der Waals surface area contributed by atoms with E-state index >= 15 is 0 Å². The zero-order valence-electron chi connectivity index (χ0n) is 14.9. The highest BCUT2D eigenvalue weighted by Crippen LogP contribution is 2.34. The Morgan fingerprint density at radius 3 is 2.52 bits per heavy atom. The van der Waals surface area contributed by atoms with E-state index in [9.17, 15) is 9.59 Å². The topological polar surface area (TPSA) is 115 Å². The Kier molecular flexibility index (Phi) is 7.65. The van der Waals surface area contributed by atoms with Crippen LogP contribution < -0.4 is 16.4 Å². The molecular weight excluding hydrogens is 368 g/mol. The monoisotopic (exact) mass is 388 g/mol. The first-order valence-corrected chi connectivity index (χ1v) is 8.68. The second kappa shape index (κ2) is 10.2. The molecule has 0 fully saturated rings. The van der Waals surface area contributed by atoms with Crippen LogP contribution in [0.15, 0.2) is 63.3 Å². The third-order valence-electron chi connectivity index (χ3n) is 3.15. The molecule has 142 valence electrons. The van der Waals surface area contributed by atoms with Gasteiger partial charge in [0.15, 0.2) is 0 Å². The summed E-state index contributed by atoms with van der Waals surface area (Å²) in [7, 11) is 2.65. The van der Waals surface area contributed by atoms with Crippen LogP contribution in [0.25, 0.3) is 0 Å². The summed E-state index contributed by atoms with van der Waals surface area (Å²) in [5.41, 5.74) is 6.56. The van der Waals surface area contributed by atoms with Crippen LogP contribution in [-0.4, -0.2) is 38.8 Å². The number of aliphatic imine (C=N–C) groups is 1. The van der Waals surface area contributed by atoms with E-state index in [1.54, 1.807) is 12.1 Å². The van der Waals surface area contributed by atoms with Crippen molar-refractivity contribution in [3.8, 4) is 0 Å². The molecule has 0 aliphatic carbocycles. The van der Waals surface area contributed by atoms with E-state index in [2.05, 4.69) is 20.4 Å². The first kappa shape index (κ1) is 20.3. The zero-order chi connectivity index (χ0) is 19.6. The molecule has 0 aliphatic rings. The van der Waals surface area contributed by atoms with E-state index in [1.807, 2.05) is 36.4 Å². The van der Waals surface area contributed by atoms with E-state index in [4.69, 9.17) is 10.5 Å². The van der Waals surface area contributed by atoms with Crippen LogP contribution >= 0.6 is 11.8 Å². The zero-order valence-corrected chi connectivity index (χ0v) is 15.7. The number of nitrogens with two attached hydrogens (primary N) is 1. The summed E-state index contributed by atoms with van der Waals surface area (Å²) in [4.78, 5) is 29.2. The number of hydrogen-bond donors (Lipinski definition) is 3. The molecule has 0 unspecified atom stereocenters. The molecule has 0 saturated carbocycles. The van der Waals surface area contributed by atoms with Crippen molar-refractivity contribution < 1.29 is 19.1 Å². The number of ether oxygens (including phenoxy) is 2. The first-order chi connectivity index (χ1) is 13.0. The minimum absolute atomic E-state index is 0.0977. The second-order valence-corrected chi connectivity index (χ2v) is 6.34. The van der Waals surface area contributed by atoms with Gasteiger partial charge in [0, 0.05) is 16.9 Å². The summed E-state index contributed by atoms with van der Waals surface area (Å²) in [5, 5.41) is 4.97. The molecule has 4 N–H and O–H groups in total. The van der Waals surface area contributed by atoms with Crippen molar-refractivity contribution in [2.75, 3.05) is 26.1 Å². The minimum atomic E-state index is -0.740. The van der Waals surface area contributed by atoms with Gasteiger partial charge in [-0.2, -0.15) is 0 Å². The summed E-state index contributed by atoms with van der Waals surface area (Å²) in [6, 6.07) is 15.1. The molecule has 0 radical (unpaired) electrons. The molecule has 2 amide bonds. The van der Waals surface area contributed by atoms with Crippen molar-refractivity contribution >= 4 is 41.1 Å². The molecule has 0 saturated heterocycles. The smallest absolute Gasteiger partial charge is 0.413 e. The molecule has 0 bridgehead atoms. The minimum Gasteiger partial charge on any atom is -0.453 e. The number of methoxy groups -OCH3 is 2. The summed E-state index contributed by atoms with van der Waals surface area (Å²) >= 11 is 1.53. The Bertz CT molecular complexity index is 827. The predicted octanol–water partition coefficient (Wildman–Crippen LogP) is 2.72. The molecule has 0 heterocycles. The van der Waals surface area contributed by atoms with Gasteiger partial charge in [-0.25, -0.2) is 9.79 Å². The normalized spacial score (nSPS) is 11.0. The largest absolute Gasteiger partial charge is 0.453 e. The van der Waals surface area contributed by atoms with Crippen molar-refractivity contribution in [3.05, 3.63) is 48.5 Å². The fourth-order valence-electron chi connectivity index (χ4n) is 2.03. The average Bonchev–Trinajstić information content (AvgIpc) is 2.64. The summed E-state index contributed by atoms with van der Waals surface area (Å²) in [6.45, 7) is -0.0977. The predicted molar refractivity (Wildman–Crippen MR) is 104 cm³/mol. The summed E-state index contributed by atoms with van der Waals surface area (Å²) in [5.74, 6) is -0.497. The number of carbonyl (C=O) groups excluding carboxylic acids is 2. The number of hydrogen-bond acceptors (Lipinski definition) is 6. The average molecular weight is 388 g/mol. The lowest BCUT2D eigenvalue weighted by Gasteiger charge is -2.11. The molecule has 0 atom stereocenters. The van der Waals surface area contributed by atoms with Gasteiger partial charge in [0.05, 0.1) is 18.5 Å². The lowest BCUT2D eigenvalue weighted by molar-refractivity contribution is -0.119. The van der Waals surface area contributed by atoms with Gasteiger partial charge in [-0.15, -0.1) is 0 Å². The van der Waals surface area contributed by atoms with Crippen molar-refractivity contribution in [1.82, 2.24) is 5.32 Å². The maximum Gasteiger partial charge on any atom is 0.413 e. The van der Waals surface area contributed by atoms with E-state index in [-0.39, 0.29) is 18.5 Å². The van der Waals surface area contributed by atoms with Gasteiger partial charge < -0.3 is 20.5 Å². The fourth-order valence-corrected chi connectivity index (χ4v) is 2.90. The van der Waals surface area contributed by atoms with Crippen LogP contribution in [-0.2, 0) is 14.3 Å². The van der Waals surface area contributed by atoms with Gasteiger partial charge in [0.1, 0.15) is 6.61 Å². The fraction of sp³-hybridized carbons (Fsp3) is 0.167. The number of carbonyl (C=O) groups is 2. The van der Waals surface area contributed by atoms with Gasteiger partial charge in [-0.3, -0.25) is 10.1 Å². The third-order valence-corrected chi connectivity index (χ3v) is 4.15. The molecule has 0 spiro atoms. The van der Waals surface area contributed by atoms with Crippen LogP contribution in [0, 0.1) is 0 Å². The highest BCUT2D eigenvalue weighted by atomic mass is 32.2. The van der Waals surface area contributed by atoms with Gasteiger partial charge in [-0.05, 0) is 30.3 Å². The molecule has 9 heteroatoms. The Morgan fingerprint density at radius 1 is 1.11 bits per heavy atom. The van der Waals surface area contributed by atoms with Crippen LogP contribution in [0.1, 0.15) is 0 Å². The van der Waals surface area contributed by atoms with E-state index < -0.39 is 6.09 Å². The van der Waals surface area contributed by atoms with Crippen LogP contribution in [0.4, 0.5) is 16.2 Å². The lowest BCUT2D eigenvalue weighted by atomic mass is 10.2. The summed E-state index contributed by atoms with van der Waals surface area (Å²) in [6.07, 6.45) is -0.740. The number of nitrogens with zero attached hydrogens (tertiary/aromatic N) is 1. The number of anilines is 1. The Balaban J connectivity index is 2.31. The first-order valence-electron chi connectivity index (χ1n) is 7.86. The number of guanidine groups is 1. The van der Waals surface area contributed by atoms with Gasteiger partial charge in [0.2, 0.25) is 11.9 Å². The molecule has 0 aliphatic heterocycles. The highest BCUT2D eigenvalue weighted by molar-refractivity contribution is 7.99. The Morgan fingerprint density at radius 2 is 1.85 bits per heavy atom. The number of nitrogens with one attached hydrogen (secondary N) is 2. The van der Waals surface area contributed by atoms with Gasteiger partial charge in [0.25, 0.3) is 0 Å². The van der Waals surface area contributed by atoms with Gasteiger partial charge >= 0.3 is 6.09 Å². The molecule has 0 aromatic heterocycles. The molecule has 27 heavy (non-hydrogen) atoms. The quantitative estimate of drug-likeness (QED) is 0.518. The van der Waals surface area contributed by atoms with E-state index in [0.717, 1.165) is 9.79 Å². The summed E-state index contributed by atoms with van der Waals surface area (Å²) < 4.78 is 9.30. The molecular formula is C18H20N4O4S. The van der Waals surface area contributed by atoms with Crippen LogP contribution in [0.2, 0.25) is 0 Å². The number of amides is 2. The molecule has 8 nitrogen and oxygen atoms in total.